The van der Waals surface area contributed by atoms with Crippen molar-refractivity contribution in [1.29, 1.82) is 0 Å². The van der Waals surface area contributed by atoms with Gasteiger partial charge in [0.15, 0.2) is 0 Å². The second-order valence-electron chi connectivity index (χ2n) is 6.61. The summed E-state index contributed by atoms with van der Waals surface area (Å²) in [6.07, 6.45) is 1.50. The number of rotatable bonds is 6. The Morgan fingerprint density at radius 2 is 1.78 bits per heavy atom. The number of halogens is 1. The maximum atomic E-state index is 13.6. The van der Waals surface area contributed by atoms with Crippen LogP contribution in [-0.2, 0) is 6.54 Å². The van der Waals surface area contributed by atoms with Gasteiger partial charge in [0.25, 0.3) is 5.91 Å². The van der Waals surface area contributed by atoms with E-state index >= 15 is 0 Å². The van der Waals surface area contributed by atoms with Crippen LogP contribution < -0.4 is 10.6 Å². The first-order valence-electron chi connectivity index (χ1n) is 8.87. The fourth-order valence-electron chi connectivity index (χ4n) is 2.61. The Hall–Kier alpha value is -3.21. The fourth-order valence-corrected chi connectivity index (χ4v) is 2.61. The molecule has 0 aliphatic carbocycles. The summed E-state index contributed by atoms with van der Waals surface area (Å²) in [7, 11) is 0. The fraction of sp³-hybridized carbons (Fsp3) is 0.182. The van der Waals surface area contributed by atoms with E-state index in [0.29, 0.717) is 29.4 Å². The van der Waals surface area contributed by atoms with Crippen LogP contribution in [0.3, 0.4) is 0 Å². The molecule has 1 heterocycles. The molecular weight excluding hydrogens is 341 g/mol. The van der Waals surface area contributed by atoms with Gasteiger partial charge in [0.1, 0.15) is 11.6 Å². The topological polar surface area (TPSA) is 54.0 Å². The Labute approximate surface area is 158 Å². The van der Waals surface area contributed by atoms with Gasteiger partial charge >= 0.3 is 0 Å². The number of nitrogens with one attached hydrogen (secondary N) is 2. The molecule has 0 spiro atoms. The number of carbonyl (C=O) groups excluding carboxylic acids is 1. The highest BCUT2D eigenvalue weighted by Crippen LogP contribution is 2.18. The van der Waals surface area contributed by atoms with E-state index in [1.807, 2.05) is 24.3 Å². The van der Waals surface area contributed by atoms with Crippen molar-refractivity contribution < 1.29 is 9.18 Å². The van der Waals surface area contributed by atoms with Crippen molar-refractivity contribution in [3.63, 3.8) is 0 Å². The summed E-state index contributed by atoms with van der Waals surface area (Å²) in [6.45, 7) is 4.58. The molecule has 0 saturated carbocycles. The zero-order valence-corrected chi connectivity index (χ0v) is 15.4. The third kappa shape index (κ3) is 4.91. The maximum Gasteiger partial charge on any atom is 0.257 e. The lowest BCUT2D eigenvalue weighted by Gasteiger charge is -2.09. The second-order valence-corrected chi connectivity index (χ2v) is 6.61. The minimum atomic E-state index is -0.260. The predicted molar refractivity (Wildman–Crippen MR) is 106 cm³/mol. The number of hydrogen-bond acceptors (Lipinski definition) is 3. The van der Waals surface area contributed by atoms with Crippen LogP contribution in [0.1, 0.15) is 41.3 Å². The van der Waals surface area contributed by atoms with Crippen LogP contribution in [0.25, 0.3) is 0 Å². The Bertz CT molecular complexity index is 906. The molecule has 3 aromatic rings. The standard InChI is InChI=1S/C22H22FN3O/c1-15(2)16-7-10-19(11-8-16)26-22(27)18-9-12-21(25-14-18)24-13-17-5-3-4-6-20(17)23/h3-12,14-15H,13H2,1-2H3,(H,24,25)(H,26,27). The summed E-state index contributed by atoms with van der Waals surface area (Å²) in [4.78, 5) is 16.6. The number of aromatic nitrogens is 1. The number of carbonyl (C=O) groups is 1. The monoisotopic (exact) mass is 363 g/mol. The normalized spacial score (nSPS) is 10.7. The van der Waals surface area contributed by atoms with Gasteiger partial charge in [-0.2, -0.15) is 0 Å². The Morgan fingerprint density at radius 3 is 2.41 bits per heavy atom. The third-order valence-corrected chi connectivity index (χ3v) is 4.28. The smallest absolute Gasteiger partial charge is 0.257 e. The molecule has 3 rings (SSSR count). The first kappa shape index (κ1) is 18.6. The van der Waals surface area contributed by atoms with E-state index in [1.54, 1.807) is 30.3 Å². The van der Waals surface area contributed by atoms with Gasteiger partial charge < -0.3 is 10.6 Å². The summed E-state index contributed by atoms with van der Waals surface area (Å²) in [6, 6.07) is 17.8. The largest absolute Gasteiger partial charge is 0.366 e. The van der Waals surface area contributed by atoms with Gasteiger partial charge in [-0.05, 0) is 41.8 Å². The number of hydrogen-bond donors (Lipinski definition) is 2. The molecule has 2 aromatic carbocycles. The van der Waals surface area contributed by atoms with E-state index in [2.05, 4.69) is 29.5 Å². The molecule has 0 aliphatic heterocycles. The van der Waals surface area contributed by atoms with Crippen LogP contribution in [0.4, 0.5) is 15.9 Å². The van der Waals surface area contributed by atoms with Crippen LogP contribution in [0.2, 0.25) is 0 Å². The van der Waals surface area contributed by atoms with Crippen LogP contribution in [-0.4, -0.2) is 10.9 Å². The number of amides is 1. The molecule has 0 radical (unpaired) electrons. The van der Waals surface area contributed by atoms with Crippen molar-refractivity contribution in [3.05, 3.63) is 89.4 Å². The maximum absolute atomic E-state index is 13.6. The highest BCUT2D eigenvalue weighted by atomic mass is 19.1. The molecule has 1 amide bonds. The lowest BCUT2D eigenvalue weighted by Crippen LogP contribution is -2.12. The molecular formula is C22H22FN3O. The molecule has 0 atom stereocenters. The zero-order valence-electron chi connectivity index (χ0n) is 15.4. The van der Waals surface area contributed by atoms with Crippen molar-refractivity contribution in [2.75, 3.05) is 10.6 Å². The summed E-state index contributed by atoms with van der Waals surface area (Å²) < 4.78 is 13.6. The van der Waals surface area contributed by atoms with Gasteiger partial charge in [0, 0.05) is 24.0 Å². The first-order valence-corrected chi connectivity index (χ1v) is 8.87. The minimum absolute atomic E-state index is 0.222. The summed E-state index contributed by atoms with van der Waals surface area (Å²) in [5.41, 5.74) is 2.98. The van der Waals surface area contributed by atoms with Crippen LogP contribution in [0.15, 0.2) is 66.9 Å². The molecule has 0 fully saturated rings. The van der Waals surface area contributed by atoms with Gasteiger partial charge in [0.2, 0.25) is 0 Å². The predicted octanol–water partition coefficient (Wildman–Crippen LogP) is 5.21. The van der Waals surface area contributed by atoms with E-state index < -0.39 is 0 Å². The van der Waals surface area contributed by atoms with E-state index in [0.717, 1.165) is 5.69 Å². The van der Waals surface area contributed by atoms with Crippen LogP contribution >= 0.6 is 0 Å². The van der Waals surface area contributed by atoms with Gasteiger partial charge in [-0.1, -0.05) is 44.2 Å². The van der Waals surface area contributed by atoms with Crippen LogP contribution in [0.5, 0.6) is 0 Å². The van der Waals surface area contributed by atoms with Crippen molar-refractivity contribution >= 4 is 17.4 Å². The summed E-state index contributed by atoms with van der Waals surface area (Å²) >= 11 is 0. The number of pyridine rings is 1. The molecule has 2 N–H and O–H groups in total. The molecule has 4 nitrogen and oxygen atoms in total. The molecule has 27 heavy (non-hydrogen) atoms. The third-order valence-electron chi connectivity index (χ3n) is 4.28. The van der Waals surface area contributed by atoms with E-state index in [-0.39, 0.29) is 11.7 Å². The highest BCUT2D eigenvalue weighted by molar-refractivity contribution is 6.04. The van der Waals surface area contributed by atoms with Crippen LogP contribution in [0, 0.1) is 5.82 Å². The number of benzene rings is 2. The van der Waals surface area contributed by atoms with Gasteiger partial charge in [-0.15, -0.1) is 0 Å². The molecule has 138 valence electrons. The first-order chi connectivity index (χ1) is 13.0. The Morgan fingerprint density at radius 1 is 1.04 bits per heavy atom. The Balaban J connectivity index is 1.59. The SMILES string of the molecule is CC(C)c1ccc(NC(=O)c2ccc(NCc3ccccc3F)nc2)cc1. The van der Waals surface area contributed by atoms with E-state index in [1.165, 1.54) is 17.8 Å². The van der Waals surface area contributed by atoms with Crippen molar-refractivity contribution in [3.8, 4) is 0 Å². The highest BCUT2D eigenvalue weighted by Gasteiger charge is 2.08. The minimum Gasteiger partial charge on any atom is -0.366 e. The van der Waals surface area contributed by atoms with Crippen molar-refractivity contribution in [1.82, 2.24) is 4.98 Å². The molecule has 0 bridgehead atoms. The molecule has 0 aliphatic rings. The van der Waals surface area contributed by atoms with Gasteiger partial charge in [-0.3, -0.25) is 4.79 Å². The lowest BCUT2D eigenvalue weighted by atomic mass is 10.0. The summed E-state index contributed by atoms with van der Waals surface area (Å²) in [5, 5.41) is 5.91. The van der Waals surface area contributed by atoms with Gasteiger partial charge in [-0.25, -0.2) is 9.37 Å². The molecule has 1 aromatic heterocycles. The van der Waals surface area contributed by atoms with Crippen molar-refractivity contribution in [2.45, 2.75) is 26.3 Å². The van der Waals surface area contributed by atoms with E-state index in [4.69, 9.17) is 0 Å². The van der Waals surface area contributed by atoms with Crippen molar-refractivity contribution in [2.24, 2.45) is 0 Å². The van der Waals surface area contributed by atoms with E-state index in [9.17, 15) is 9.18 Å². The average Bonchev–Trinajstić information content (AvgIpc) is 2.68. The zero-order chi connectivity index (χ0) is 19.2. The number of nitrogens with zero attached hydrogens (tertiary/aromatic N) is 1. The Kier molecular flexibility index (Phi) is 5.81. The summed E-state index contributed by atoms with van der Waals surface area (Å²) in [5.74, 6) is 0.546. The second kappa shape index (κ2) is 8.45. The number of anilines is 2. The average molecular weight is 363 g/mol. The molecule has 0 saturated heterocycles. The molecule has 0 unspecified atom stereocenters. The quantitative estimate of drug-likeness (QED) is 0.632. The molecule has 5 heteroatoms. The lowest BCUT2D eigenvalue weighted by molar-refractivity contribution is 0.102. The van der Waals surface area contributed by atoms with Gasteiger partial charge in [0.05, 0.1) is 5.56 Å².